The second-order valence-corrected chi connectivity index (χ2v) is 7.70. The fourth-order valence-electron chi connectivity index (χ4n) is 3.33. The minimum absolute atomic E-state index is 0.524. The molecule has 2 aromatic rings. The molecule has 14 heteroatoms. The summed E-state index contributed by atoms with van der Waals surface area (Å²) in [5, 5.41) is 96.9. The first-order valence-electron chi connectivity index (χ1n) is 9.91. The number of Topliss-reactive ketones (excluding diaryl/α,β-unsaturated/α-hetero) is 2. The Balaban J connectivity index is 1.95. The maximum Gasteiger partial charge on any atom is 0.200 e. The molecule has 0 unspecified atom stereocenters. The van der Waals surface area contributed by atoms with Crippen molar-refractivity contribution in [3.8, 4) is 34.5 Å². The molecular weight excluding hydrogens is 476 g/mol. The number of rotatable bonds is 7. The Morgan fingerprint density at radius 1 is 0.714 bits per heavy atom. The van der Waals surface area contributed by atoms with Crippen molar-refractivity contribution in [3.63, 3.8) is 0 Å². The van der Waals surface area contributed by atoms with Gasteiger partial charge in [0.2, 0.25) is 0 Å². The standard InChI is InChI=1S/C21H22O14/c22-8-1-6(2-9(23)15(8)28)13(26)20(14(27)7-3-10(24)16(29)11(25)4-7)34-5-12-17(30)18(31)19(32)21(33)35-12/h1-4,12,17-25,28-33H,5H2/t12-,17-,18+,19-,21-/m1/s1. The topological polar surface area (TPSA) is 255 Å². The molecule has 5 atom stereocenters. The number of aliphatic hydroxyl groups excluding tert-OH is 4. The van der Waals surface area contributed by atoms with Gasteiger partial charge in [-0.05, 0) is 24.3 Å². The van der Waals surface area contributed by atoms with Crippen LogP contribution in [0, 0.1) is 0 Å². The van der Waals surface area contributed by atoms with Crippen LogP contribution in [0.3, 0.4) is 0 Å². The Bertz CT molecular complexity index is 1020. The molecule has 0 amide bonds. The molecule has 0 saturated carbocycles. The van der Waals surface area contributed by atoms with Crippen LogP contribution in [0.2, 0.25) is 0 Å². The summed E-state index contributed by atoms with van der Waals surface area (Å²) in [5.41, 5.74) is -1.05. The van der Waals surface area contributed by atoms with Crippen LogP contribution >= 0.6 is 0 Å². The number of carbonyl (C=O) groups is 2. The zero-order valence-electron chi connectivity index (χ0n) is 17.6. The van der Waals surface area contributed by atoms with Crippen molar-refractivity contribution >= 4 is 11.6 Å². The molecule has 1 aliphatic heterocycles. The SMILES string of the molecule is O=C(c1cc(O)c(O)c(O)c1)C(OC[C@H]1O[C@@H](O)[C@H](O)[C@@H](O)[C@@H]1O)C(=O)c1cc(O)c(O)c(O)c1. The van der Waals surface area contributed by atoms with E-state index in [1.807, 2.05) is 0 Å². The number of phenols is 6. The third-order valence-corrected chi connectivity index (χ3v) is 5.30. The molecular formula is C21H22O14. The van der Waals surface area contributed by atoms with E-state index in [2.05, 4.69) is 0 Å². The van der Waals surface area contributed by atoms with Gasteiger partial charge in [-0.25, -0.2) is 0 Å². The number of hydrogen-bond donors (Lipinski definition) is 10. The Hall–Kier alpha value is -3.66. The second-order valence-electron chi connectivity index (χ2n) is 7.70. The maximum atomic E-state index is 13.1. The van der Waals surface area contributed by atoms with Crippen molar-refractivity contribution in [2.75, 3.05) is 6.61 Å². The van der Waals surface area contributed by atoms with Crippen LogP contribution in [0.5, 0.6) is 34.5 Å². The van der Waals surface area contributed by atoms with E-state index in [1.54, 1.807) is 0 Å². The summed E-state index contributed by atoms with van der Waals surface area (Å²) in [6, 6.07) is 2.84. The van der Waals surface area contributed by atoms with Gasteiger partial charge in [0, 0.05) is 11.1 Å². The first-order chi connectivity index (χ1) is 16.3. The van der Waals surface area contributed by atoms with Crippen LogP contribution in [-0.2, 0) is 9.47 Å². The highest BCUT2D eigenvalue weighted by Crippen LogP contribution is 2.38. The number of phenolic OH excluding ortho intramolecular Hbond substituents is 6. The van der Waals surface area contributed by atoms with Crippen LogP contribution in [-0.4, -0.2) is 106 Å². The largest absolute Gasteiger partial charge is 0.504 e. The minimum atomic E-state index is -2.15. The van der Waals surface area contributed by atoms with Crippen LogP contribution in [0.25, 0.3) is 0 Å². The maximum absolute atomic E-state index is 13.1. The molecule has 10 N–H and O–H groups in total. The molecule has 0 spiro atoms. The van der Waals surface area contributed by atoms with E-state index in [1.165, 1.54) is 0 Å². The normalized spacial score (nSPS) is 24.4. The van der Waals surface area contributed by atoms with E-state index < -0.39 is 101 Å². The van der Waals surface area contributed by atoms with Gasteiger partial charge in [0.1, 0.15) is 24.4 Å². The lowest BCUT2D eigenvalue weighted by Crippen LogP contribution is -2.59. The third-order valence-electron chi connectivity index (χ3n) is 5.30. The van der Waals surface area contributed by atoms with Crippen molar-refractivity contribution in [2.45, 2.75) is 36.8 Å². The van der Waals surface area contributed by atoms with E-state index in [0.29, 0.717) is 24.3 Å². The van der Waals surface area contributed by atoms with Gasteiger partial charge in [-0.1, -0.05) is 0 Å². The number of aromatic hydroxyl groups is 6. The van der Waals surface area contributed by atoms with Crippen LogP contribution in [0.15, 0.2) is 24.3 Å². The summed E-state index contributed by atoms with van der Waals surface area (Å²) in [6.07, 6.45) is -11.2. The second kappa shape index (κ2) is 9.91. The Kier molecular flexibility index (Phi) is 7.35. The number of hydrogen-bond acceptors (Lipinski definition) is 14. The molecule has 190 valence electrons. The molecule has 0 aliphatic carbocycles. The summed E-state index contributed by atoms with van der Waals surface area (Å²) in [6.45, 7) is -0.823. The Morgan fingerprint density at radius 2 is 1.11 bits per heavy atom. The van der Waals surface area contributed by atoms with E-state index in [0.717, 1.165) is 0 Å². The molecule has 1 aliphatic rings. The van der Waals surface area contributed by atoms with Gasteiger partial charge >= 0.3 is 0 Å². The van der Waals surface area contributed by atoms with Gasteiger partial charge in [-0.2, -0.15) is 0 Å². The molecule has 0 bridgehead atoms. The fraction of sp³-hybridized carbons (Fsp3) is 0.333. The van der Waals surface area contributed by atoms with Gasteiger partial charge in [0.15, 0.2) is 58.5 Å². The van der Waals surface area contributed by atoms with Crippen molar-refractivity contribution in [1.82, 2.24) is 0 Å². The summed E-state index contributed by atoms with van der Waals surface area (Å²) in [7, 11) is 0. The predicted octanol–water partition coefficient (Wildman–Crippen LogP) is -1.83. The summed E-state index contributed by atoms with van der Waals surface area (Å²) < 4.78 is 10.2. The highest BCUT2D eigenvalue weighted by atomic mass is 16.6. The van der Waals surface area contributed by atoms with Crippen molar-refractivity contribution in [3.05, 3.63) is 35.4 Å². The van der Waals surface area contributed by atoms with Crippen molar-refractivity contribution < 1.29 is 70.1 Å². The summed E-state index contributed by atoms with van der Waals surface area (Å²) in [5.74, 6) is -7.95. The Morgan fingerprint density at radius 3 is 1.51 bits per heavy atom. The molecule has 0 radical (unpaired) electrons. The molecule has 3 rings (SSSR count). The molecule has 1 heterocycles. The fourth-order valence-corrected chi connectivity index (χ4v) is 3.33. The van der Waals surface area contributed by atoms with Crippen molar-refractivity contribution in [1.29, 1.82) is 0 Å². The monoisotopic (exact) mass is 498 g/mol. The number of ether oxygens (including phenoxy) is 2. The molecule has 35 heavy (non-hydrogen) atoms. The van der Waals surface area contributed by atoms with Gasteiger partial charge in [-0.15, -0.1) is 0 Å². The van der Waals surface area contributed by atoms with E-state index in [-0.39, 0.29) is 0 Å². The lowest BCUT2D eigenvalue weighted by Gasteiger charge is -2.38. The predicted molar refractivity (Wildman–Crippen MR) is 110 cm³/mol. The lowest BCUT2D eigenvalue weighted by molar-refractivity contribution is -0.289. The molecule has 14 nitrogen and oxygen atoms in total. The van der Waals surface area contributed by atoms with Crippen LogP contribution in [0.1, 0.15) is 20.7 Å². The Labute approximate surface area is 195 Å². The average molecular weight is 498 g/mol. The highest BCUT2D eigenvalue weighted by Gasteiger charge is 2.44. The van der Waals surface area contributed by atoms with E-state index in [4.69, 9.17) is 9.47 Å². The zero-order valence-corrected chi connectivity index (χ0v) is 17.6. The first-order valence-corrected chi connectivity index (χ1v) is 9.91. The van der Waals surface area contributed by atoms with Crippen LogP contribution in [0.4, 0.5) is 0 Å². The molecule has 0 aromatic heterocycles. The van der Waals surface area contributed by atoms with E-state index >= 15 is 0 Å². The summed E-state index contributed by atoms with van der Waals surface area (Å²) >= 11 is 0. The quantitative estimate of drug-likeness (QED) is 0.114. The smallest absolute Gasteiger partial charge is 0.200 e. The average Bonchev–Trinajstić information content (AvgIpc) is 2.81. The van der Waals surface area contributed by atoms with Gasteiger partial charge < -0.3 is 60.5 Å². The van der Waals surface area contributed by atoms with Crippen molar-refractivity contribution in [2.24, 2.45) is 0 Å². The van der Waals surface area contributed by atoms with Gasteiger partial charge in [-0.3, -0.25) is 9.59 Å². The molecule has 2 aromatic carbocycles. The molecule has 1 fully saturated rings. The number of carbonyl (C=O) groups excluding carboxylic acids is 2. The number of benzene rings is 2. The number of aliphatic hydroxyl groups is 4. The van der Waals surface area contributed by atoms with Crippen LogP contribution < -0.4 is 0 Å². The molecule has 1 saturated heterocycles. The third kappa shape index (κ3) is 5.07. The zero-order chi connectivity index (χ0) is 26.2. The lowest BCUT2D eigenvalue weighted by atomic mass is 9.96. The highest BCUT2D eigenvalue weighted by molar-refractivity contribution is 6.19. The van der Waals surface area contributed by atoms with Gasteiger partial charge in [0.25, 0.3) is 0 Å². The minimum Gasteiger partial charge on any atom is -0.504 e. The first kappa shape index (κ1) is 26.0. The van der Waals surface area contributed by atoms with Gasteiger partial charge in [0.05, 0.1) is 6.61 Å². The number of ketones is 2. The van der Waals surface area contributed by atoms with E-state index in [9.17, 15) is 60.7 Å². The summed E-state index contributed by atoms with van der Waals surface area (Å²) in [4.78, 5) is 26.2.